The highest BCUT2D eigenvalue weighted by atomic mass is 16.4. The third kappa shape index (κ3) is 2.55. The smallest absolute Gasteiger partial charge is 0.336 e. The summed E-state index contributed by atoms with van der Waals surface area (Å²) in [5.74, 6) is -0.674. The van der Waals surface area contributed by atoms with Gasteiger partial charge < -0.3 is 10.0 Å². The highest BCUT2D eigenvalue weighted by Crippen LogP contribution is 2.35. The number of carboxylic acid groups (broad SMARTS) is 1. The Hall–Kier alpha value is -1.84. The molecule has 0 bridgehead atoms. The van der Waals surface area contributed by atoms with E-state index in [0.717, 1.165) is 12.8 Å². The summed E-state index contributed by atoms with van der Waals surface area (Å²) in [5.41, 5.74) is 1.80. The average Bonchev–Trinajstić information content (AvgIpc) is 3.22. The van der Waals surface area contributed by atoms with Crippen LogP contribution in [-0.4, -0.2) is 35.0 Å². The Morgan fingerprint density at radius 1 is 1.20 bits per heavy atom. The largest absolute Gasteiger partial charge is 0.478 e. The first-order valence-corrected chi connectivity index (χ1v) is 6.95. The number of aromatic carboxylic acids is 1. The van der Waals surface area contributed by atoms with Crippen molar-refractivity contribution in [3.8, 4) is 0 Å². The van der Waals surface area contributed by atoms with Crippen molar-refractivity contribution in [1.29, 1.82) is 0 Å². The van der Waals surface area contributed by atoms with Crippen LogP contribution < -0.4 is 0 Å². The van der Waals surface area contributed by atoms with Crippen molar-refractivity contribution in [2.75, 3.05) is 7.05 Å². The minimum atomic E-state index is -1.04. The van der Waals surface area contributed by atoms with E-state index < -0.39 is 5.97 Å². The first kappa shape index (κ1) is 14.6. The maximum absolute atomic E-state index is 12.7. The van der Waals surface area contributed by atoms with Crippen molar-refractivity contribution in [3.05, 3.63) is 34.4 Å². The van der Waals surface area contributed by atoms with E-state index >= 15 is 0 Å². The zero-order valence-corrected chi connectivity index (χ0v) is 12.4. The number of aryl methyl sites for hydroxylation is 2. The van der Waals surface area contributed by atoms with Crippen LogP contribution >= 0.6 is 0 Å². The van der Waals surface area contributed by atoms with E-state index in [1.165, 1.54) is 0 Å². The minimum absolute atomic E-state index is 0.129. The van der Waals surface area contributed by atoms with Crippen LogP contribution in [0.3, 0.4) is 0 Å². The highest BCUT2D eigenvalue weighted by Gasteiger charge is 2.34. The normalized spacial score (nSPS) is 15.8. The van der Waals surface area contributed by atoms with E-state index in [2.05, 4.69) is 0 Å². The Bertz CT molecular complexity index is 561. The second-order valence-electron chi connectivity index (χ2n) is 5.75. The number of rotatable bonds is 4. The maximum Gasteiger partial charge on any atom is 0.336 e. The molecule has 1 N–H and O–H groups in total. The molecule has 1 unspecified atom stereocenters. The van der Waals surface area contributed by atoms with E-state index in [-0.39, 0.29) is 17.5 Å². The summed E-state index contributed by atoms with van der Waals surface area (Å²) in [5, 5.41) is 9.39. The average molecular weight is 275 g/mol. The van der Waals surface area contributed by atoms with Gasteiger partial charge >= 0.3 is 5.97 Å². The Kier molecular flexibility index (Phi) is 3.84. The summed E-state index contributed by atoms with van der Waals surface area (Å²) in [7, 11) is 1.76. The number of carbonyl (C=O) groups excluding carboxylic acids is 1. The summed E-state index contributed by atoms with van der Waals surface area (Å²) >= 11 is 0. The molecule has 0 radical (unpaired) electrons. The summed E-state index contributed by atoms with van der Waals surface area (Å²) in [6.45, 7) is 5.54. The molecule has 1 saturated carbocycles. The van der Waals surface area contributed by atoms with E-state index in [1.54, 1.807) is 31.9 Å². The van der Waals surface area contributed by atoms with Gasteiger partial charge in [0.2, 0.25) is 0 Å². The van der Waals surface area contributed by atoms with Crippen LogP contribution in [0, 0.1) is 19.8 Å². The molecular formula is C16H21NO3. The second-order valence-corrected chi connectivity index (χ2v) is 5.75. The zero-order valence-electron chi connectivity index (χ0n) is 12.4. The van der Waals surface area contributed by atoms with Crippen LogP contribution in [0.1, 0.15) is 51.6 Å². The molecule has 1 aromatic rings. The van der Waals surface area contributed by atoms with Gasteiger partial charge in [-0.25, -0.2) is 4.79 Å². The summed E-state index contributed by atoms with van der Waals surface area (Å²) in [6.07, 6.45) is 2.30. The molecule has 108 valence electrons. The molecule has 0 spiro atoms. The number of nitrogens with zero attached hydrogens (tertiary/aromatic N) is 1. The monoisotopic (exact) mass is 275 g/mol. The molecule has 0 heterocycles. The molecule has 4 nitrogen and oxygen atoms in total. The van der Waals surface area contributed by atoms with Gasteiger partial charge in [-0.3, -0.25) is 4.79 Å². The number of amides is 1. The molecular weight excluding hydrogens is 254 g/mol. The predicted molar refractivity (Wildman–Crippen MR) is 77.2 cm³/mol. The fourth-order valence-electron chi connectivity index (χ4n) is 2.62. The number of hydrogen-bond acceptors (Lipinski definition) is 2. The van der Waals surface area contributed by atoms with Gasteiger partial charge in [-0.05, 0) is 50.7 Å². The molecule has 1 aliphatic carbocycles. The van der Waals surface area contributed by atoms with Crippen molar-refractivity contribution in [1.82, 2.24) is 4.90 Å². The Balaban J connectivity index is 2.42. The van der Waals surface area contributed by atoms with Crippen LogP contribution in [0.25, 0.3) is 0 Å². The van der Waals surface area contributed by atoms with Crippen molar-refractivity contribution >= 4 is 11.9 Å². The van der Waals surface area contributed by atoms with Gasteiger partial charge in [-0.15, -0.1) is 0 Å². The molecule has 1 aliphatic rings. The fourth-order valence-corrected chi connectivity index (χ4v) is 2.62. The third-order valence-electron chi connectivity index (χ3n) is 4.29. The summed E-state index contributed by atoms with van der Waals surface area (Å²) < 4.78 is 0. The minimum Gasteiger partial charge on any atom is -0.478 e. The zero-order chi connectivity index (χ0) is 15.0. The van der Waals surface area contributed by atoms with E-state index in [1.807, 2.05) is 13.0 Å². The number of carboxylic acids is 1. The van der Waals surface area contributed by atoms with Gasteiger partial charge in [-0.1, -0.05) is 12.1 Å². The predicted octanol–water partition coefficient (Wildman–Crippen LogP) is 2.87. The standard InChI is InChI=1S/C16H21NO3/c1-9-5-6-10(2)14(16(19)20)13(9)15(18)17(4)11(3)12-7-8-12/h5-6,11-12H,7-8H2,1-4H3,(H,19,20). The SMILES string of the molecule is Cc1ccc(C)c(C(=O)N(C)C(C)C2CC2)c1C(=O)O. The van der Waals surface area contributed by atoms with Gasteiger partial charge in [-0.2, -0.15) is 0 Å². The van der Waals surface area contributed by atoms with Gasteiger partial charge in [0.05, 0.1) is 11.1 Å². The lowest BCUT2D eigenvalue weighted by molar-refractivity contribution is 0.0665. The summed E-state index contributed by atoms with van der Waals surface area (Å²) in [4.78, 5) is 25.8. The van der Waals surface area contributed by atoms with Gasteiger partial charge in [0.1, 0.15) is 0 Å². The molecule has 2 rings (SSSR count). The quantitative estimate of drug-likeness (QED) is 0.919. The second kappa shape index (κ2) is 5.27. The Labute approximate surface area is 119 Å². The Morgan fingerprint density at radius 3 is 2.15 bits per heavy atom. The number of hydrogen-bond donors (Lipinski definition) is 1. The van der Waals surface area contributed by atoms with Crippen LogP contribution in [-0.2, 0) is 0 Å². The molecule has 20 heavy (non-hydrogen) atoms. The summed E-state index contributed by atoms with van der Waals surface area (Å²) in [6, 6.07) is 3.72. The van der Waals surface area contributed by atoms with Crippen LogP contribution in [0.15, 0.2) is 12.1 Å². The van der Waals surface area contributed by atoms with Crippen LogP contribution in [0.5, 0.6) is 0 Å². The molecule has 0 saturated heterocycles. The van der Waals surface area contributed by atoms with E-state index in [9.17, 15) is 14.7 Å². The molecule has 1 aromatic carbocycles. The van der Waals surface area contributed by atoms with Crippen molar-refractivity contribution in [3.63, 3.8) is 0 Å². The molecule has 1 amide bonds. The van der Waals surface area contributed by atoms with Gasteiger partial charge in [0.15, 0.2) is 0 Å². The third-order valence-corrected chi connectivity index (χ3v) is 4.29. The van der Waals surface area contributed by atoms with Gasteiger partial charge in [0.25, 0.3) is 5.91 Å². The van der Waals surface area contributed by atoms with E-state index in [0.29, 0.717) is 22.6 Å². The molecule has 1 atom stereocenters. The fraction of sp³-hybridized carbons (Fsp3) is 0.500. The lowest BCUT2D eigenvalue weighted by atomic mass is 9.95. The van der Waals surface area contributed by atoms with Crippen LogP contribution in [0.4, 0.5) is 0 Å². The molecule has 0 aromatic heterocycles. The van der Waals surface area contributed by atoms with Crippen molar-refractivity contribution in [2.24, 2.45) is 5.92 Å². The van der Waals surface area contributed by atoms with Crippen LogP contribution in [0.2, 0.25) is 0 Å². The topological polar surface area (TPSA) is 57.6 Å². The van der Waals surface area contributed by atoms with E-state index in [4.69, 9.17) is 0 Å². The lowest BCUT2D eigenvalue weighted by Crippen LogP contribution is -2.37. The molecule has 4 heteroatoms. The number of carbonyl (C=O) groups is 2. The van der Waals surface area contributed by atoms with Crippen molar-refractivity contribution in [2.45, 2.75) is 39.7 Å². The first-order valence-electron chi connectivity index (χ1n) is 6.95. The van der Waals surface area contributed by atoms with Crippen molar-refractivity contribution < 1.29 is 14.7 Å². The molecule has 1 fully saturated rings. The van der Waals surface area contributed by atoms with Gasteiger partial charge in [0, 0.05) is 13.1 Å². The first-order chi connectivity index (χ1) is 9.34. The number of benzene rings is 1. The lowest BCUT2D eigenvalue weighted by Gasteiger charge is -2.26. The highest BCUT2D eigenvalue weighted by molar-refractivity contribution is 6.06. The maximum atomic E-state index is 12.7. The Morgan fingerprint density at radius 2 is 1.70 bits per heavy atom. The molecule has 0 aliphatic heterocycles.